The third kappa shape index (κ3) is 2.24. The highest BCUT2D eigenvalue weighted by Gasteiger charge is 2.29. The van der Waals surface area contributed by atoms with Gasteiger partial charge in [-0.3, -0.25) is 24.6 Å². The summed E-state index contributed by atoms with van der Waals surface area (Å²) < 4.78 is 0. The first-order valence-corrected chi connectivity index (χ1v) is 4.03. The molecule has 0 aromatic carbocycles. The smallest absolute Gasteiger partial charge is 0.235 e. The standard InChI is InChI=1S/C7H10N2O4/c10-5-8-3-1-2-6(9(12)13)4-7(8)11/h5-6H,1-4H2. The Labute approximate surface area is 74.7 Å². The molecular formula is C7H10N2O4. The molecule has 6 nitrogen and oxygen atoms in total. The number of carbonyl (C=O) groups is 2. The molecule has 0 spiro atoms. The Morgan fingerprint density at radius 2 is 2.31 bits per heavy atom. The van der Waals surface area contributed by atoms with E-state index in [1.165, 1.54) is 0 Å². The molecule has 1 atom stereocenters. The monoisotopic (exact) mass is 186 g/mol. The lowest BCUT2D eigenvalue weighted by Gasteiger charge is -2.09. The molecule has 0 radical (unpaired) electrons. The van der Waals surface area contributed by atoms with Crippen LogP contribution in [-0.2, 0) is 9.59 Å². The molecule has 72 valence electrons. The Bertz CT molecular complexity index is 241. The summed E-state index contributed by atoms with van der Waals surface area (Å²) in [4.78, 5) is 32.4. The van der Waals surface area contributed by atoms with Crippen LogP contribution in [0.4, 0.5) is 0 Å². The molecule has 1 heterocycles. The van der Waals surface area contributed by atoms with Crippen LogP contribution in [0.25, 0.3) is 0 Å². The summed E-state index contributed by atoms with van der Waals surface area (Å²) in [6, 6.07) is -0.822. The second-order valence-corrected chi connectivity index (χ2v) is 2.98. The van der Waals surface area contributed by atoms with E-state index in [1.807, 2.05) is 0 Å². The van der Waals surface area contributed by atoms with Gasteiger partial charge < -0.3 is 0 Å². The number of carbonyl (C=O) groups excluding carboxylic acids is 2. The minimum absolute atomic E-state index is 0.161. The summed E-state index contributed by atoms with van der Waals surface area (Å²) in [6.45, 7) is 0.298. The van der Waals surface area contributed by atoms with Gasteiger partial charge in [0.25, 0.3) is 0 Å². The highest BCUT2D eigenvalue weighted by Crippen LogP contribution is 2.13. The number of hydrogen-bond donors (Lipinski definition) is 0. The number of imide groups is 1. The highest BCUT2D eigenvalue weighted by atomic mass is 16.6. The maximum Gasteiger partial charge on any atom is 0.235 e. The van der Waals surface area contributed by atoms with Gasteiger partial charge in [-0.05, 0) is 6.42 Å². The van der Waals surface area contributed by atoms with E-state index in [2.05, 4.69) is 0 Å². The van der Waals surface area contributed by atoms with Crippen molar-refractivity contribution in [2.45, 2.75) is 25.3 Å². The molecule has 0 aliphatic carbocycles. The third-order valence-corrected chi connectivity index (χ3v) is 2.09. The number of likely N-dealkylation sites (tertiary alicyclic amines) is 1. The first kappa shape index (κ1) is 9.63. The molecule has 1 fully saturated rings. The third-order valence-electron chi connectivity index (χ3n) is 2.09. The minimum atomic E-state index is -0.822. The fourth-order valence-corrected chi connectivity index (χ4v) is 1.33. The fraction of sp³-hybridized carbons (Fsp3) is 0.714. The Morgan fingerprint density at radius 3 is 2.85 bits per heavy atom. The number of nitro groups is 1. The zero-order valence-electron chi connectivity index (χ0n) is 7.01. The van der Waals surface area contributed by atoms with Gasteiger partial charge in [0.15, 0.2) is 0 Å². The van der Waals surface area contributed by atoms with Crippen LogP contribution in [0.2, 0.25) is 0 Å². The van der Waals surface area contributed by atoms with Gasteiger partial charge in [-0.15, -0.1) is 0 Å². The molecule has 13 heavy (non-hydrogen) atoms. The zero-order chi connectivity index (χ0) is 9.84. The summed E-state index contributed by atoms with van der Waals surface area (Å²) in [5.41, 5.74) is 0. The van der Waals surface area contributed by atoms with Crippen molar-refractivity contribution in [3.63, 3.8) is 0 Å². The average Bonchev–Trinajstić information content (AvgIpc) is 2.26. The van der Waals surface area contributed by atoms with Gasteiger partial charge in [0.2, 0.25) is 18.4 Å². The first-order chi connectivity index (χ1) is 6.15. The van der Waals surface area contributed by atoms with Crippen molar-refractivity contribution < 1.29 is 14.5 Å². The van der Waals surface area contributed by atoms with Crippen LogP contribution in [0, 0.1) is 10.1 Å². The van der Waals surface area contributed by atoms with Crippen molar-refractivity contribution in [1.29, 1.82) is 0 Å². The average molecular weight is 186 g/mol. The molecule has 1 aliphatic rings. The molecule has 0 bridgehead atoms. The Morgan fingerprint density at radius 1 is 1.62 bits per heavy atom. The van der Waals surface area contributed by atoms with Gasteiger partial charge in [0.1, 0.15) is 0 Å². The summed E-state index contributed by atoms with van der Waals surface area (Å²) >= 11 is 0. The van der Waals surface area contributed by atoms with Crippen LogP contribution in [0.3, 0.4) is 0 Å². The molecular weight excluding hydrogens is 176 g/mol. The van der Waals surface area contributed by atoms with Crippen LogP contribution in [0.1, 0.15) is 19.3 Å². The Kier molecular flexibility index (Phi) is 2.94. The zero-order valence-corrected chi connectivity index (χ0v) is 7.01. The van der Waals surface area contributed by atoms with Crippen molar-refractivity contribution >= 4 is 12.3 Å². The molecule has 0 saturated carbocycles. The van der Waals surface area contributed by atoms with Crippen LogP contribution in [0.5, 0.6) is 0 Å². The van der Waals surface area contributed by atoms with Gasteiger partial charge in [0, 0.05) is 17.9 Å². The molecule has 1 unspecified atom stereocenters. The van der Waals surface area contributed by atoms with Crippen molar-refractivity contribution in [1.82, 2.24) is 4.90 Å². The predicted octanol–water partition coefficient (Wildman–Crippen LogP) is -0.199. The molecule has 1 aliphatic heterocycles. The van der Waals surface area contributed by atoms with E-state index >= 15 is 0 Å². The molecule has 0 aromatic heterocycles. The number of nitrogens with zero attached hydrogens (tertiary/aromatic N) is 2. The van der Waals surface area contributed by atoms with Gasteiger partial charge >= 0.3 is 0 Å². The molecule has 1 saturated heterocycles. The first-order valence-electron chi connectivity index (χ1n) is 4.03. The van der Waals surface area contributed by atoms with Gasteiger partial charge in [-0.2, -0.15) is 0 Å². The summed E-state index contributed by atoms with van der Waals surface area (Å²) in [7, 11) is 0. The van der Waals surface area contributed by atoms with Crippen molar-refractivity contribution in [3.05, 3.63) is 10.1 Å². The van der Waals surface area contributed by atoms with E-state index in [0.29, 0.717) is 25.8 Å². The second-order valence-electron chi connectivity index (χ2n) is 2.98. The Balaban J connectivity index is 2.65. The SMILES string of the molecule is O=CN1CCCC([N+](=O)[O-])CC1=O. The summed E-state index contributed by atoms with van der Waals surface area (Å²) in [6.07, 6.45) is 1.15. The van der Waals surface area contributed by atoms with Crippen LogP contribution in [0.15, 0.2) is 0 Å². The largest absolute Gasteiger partial charge is 0.285 e. The molecule has 0 N–H and O–H groups in total. The van der Waals surface area contributed by atoms with Gasteiger partial charge in [0.05, 0.1) is 6.42 Å². The van der Waals surface area contributed by atoms with Gasteiger partial charge in [-0.25, -0.2) is 0 Å². The maximum absolute atomic E-state index is 11.2. The topological polar surface area (TPSA) is 80.5 Å². The van der Waals surface area contributed by atoms with Crippen molar-refractivity contribution in [2.75, 3.05) is 6.54 Å². The lowest BCUT2D eigenvalue weighted by molar-refractivity contribution is -0.522. The quantitative estimate of drug-likeness (QED) is 0.340. The van der Waals surface area contributed by atoms with Crippen molar-refractivity contribution in [2.24, 2.45) is 0 Å². The van der Waals surface area contributed by atoms with E-state index in [0.717, 1.165) is 4.90 Å². The molecule has 2 amide bonds. The molecule has 1 rings (SSSR count). The summed E-state index contributed by atoms with van der Waals surface area (Å²) in [5, 5.41) is 10.4. The van der Waals surface area contributed by atoms with Crippen LogP contribution in [-0.4, -0.2) is 34.7 Å². The van der Waals surface area contributed by atoms with E-state index in [-0.39, 0.29) is 6.42 Å². The van der Waals surface area contributed by atoms with E-state index in [9.17, 15) is 19.7 Å². The normalized spacial score (nSPS) is 23.8. The van der Waals surface area contributed by atoms with Crippen molar-refractivity contribution in [3.8, 4) is 0 Å². The van der Waals surface area contributed by atoms with E-state index in [1.54, 1.807) is 0 Å². The second kappa shape index (κ2) is 3.97. The lowest BCUT2D eigenvalue weighted by atomic mass is 10.1. The highest BCUT2D eigenvalue weighted by molar-refractivity contribution is 5.86. The minimum Gasteiger partial charge on any atom is -0.285 e. The number of amides is 2. The lowest BCUT2D eigenvalue weighted by Crippen LogP contribution is -2.31. The number of hydrogen-bond acceptors (Lipinski definition) is 4. The van der Waals surface area contributed by atoms with Gasteiger partial charge in [-0.1, -0.05) is 0 Å². The fourth-order valence-electron chi connectivity index (χ4n) is 1.33. The summed E-state index contributed by atoms with van der Waals surface area (Å²) in [5.74, 6) is -0.450. The van der Waals surface area contributed by atoms with E-state index < -0.39 is 16.9 Å². The Hall–Kier alpha value is -1.46. The van der Waals surface area contributed by atoms with Crippen LogP contribution < -0.4 is 0 Å². The maximum atomic E-state index is 11.2. The molecule has 6 heteroatoms. The predicted molar refractivity (Wildman–Crippen MR) is 42.4 cm³/mol. The molecule has 0 aromatic rings. The van der Waals surface area contributed by atoms with Crippen LogP contribution >= 0.6 is 0 Å². The number of rotatable bonds is 2. The van der Waals surface area contributed by atoms with E-state index in [4.69, 9.17) is 0 Å².